The Balaban J connectivity index is 2.31. The van der Waals surface area contributed by atoms with Gasteiger partial charge in [0.2, 0.25) is 0 Å². The molecule has 0 unspecified atom stereocenters. The lowest BCUT2D eigenvalue weighted by atomic mass is 10.2. The van der Waals surface area contributed by atoms with E-state index in [0.29, 0.717) is 22.0 Å². The van der Waals surface area contributed by atoms with Crippen LogP contribution in [-0.4, -0.2) is 0 Å². The first-order chi connectivity index (χ1) is 8.06. The predicted molar refractivity (Wildman–Crippen MR) is 70.3 cm³/mol. The van der Waals surface area contributed by atoms with Gasteiger partial charge in [-0.1, -0.05) is 11.6 Å². The SMILES string of the molecule is Cc1cc(Nc2cc(Cl)ccc2N)ccc1F. The third kappa shape index (κ3) is 2.68. The molecule has 0 saturated carbocycles. The molecule has 2 nitrogen and oxygen atoms in total. The standard InChI is InChI=1S/C13H12ClFN2/c1-8-6-10(3-4-11(8)15)17-13-7-9(14)2-5-12(13)16/h2-7,17H,16H2,1H3. The van der Waals surface area contributed by atoms with Crippen molar-refractivity contribution in [2.24, 2.45) is 0 Å². The van der Waals surface area contributed by atoms with E-state index in [1.807, 2.05) is 0 Å². The third-order valence-electron chi connectivity index (χ3n) is 2.45. The van der Waals surface area contributed by atoms with Gasteiger partial charge in [0.05, 0.1) is 11.4 Å². The number of nitrogens with one attached hydrogen (secondary N) is 1. The minimum atomic E-state index is -0.227. The van der Waals surface area contributed by atoms with Gasteiger partial charge in [-0.2, -0.15) is 0 Å². The maximum atomic E-state index is 13.1. The molecule has 88 valence electrons. The van der Waals surface area contributed by atoms with Crippen molar-refractivity contribution >= 4 is 28.7 Å². The summed E-state index contributed by atoms with van der Waals surface area (Å²) in [4.78, 5) is 0. The number of nitrogen functional groups attached to an aromatic ring is 1. The zero-order valence-corrected chi connectivity index (χ0v) is 10.1. The highest BCUT2D eigenvalue weighted by molar-refractivity contribution is 6.31. The van der Waals surface area contributed by atoms with Crippen molar-refractivity contribution in [1.29, 1.82) is 0 Å². The summed E-state index contributed by atoms with van der Waals surface area (Å²) in [7, 11) is 0. The van der Waals surface area contributed by atoms with E-state index in [2.05, 4.69) is 5.32 Å². The van der Waals surface area contributed by atoms with Crippen molar-refractivity contribution in [2.75, 3.05) is 11.1 Å². The second-order valence-corrected chi connectivity index (χ2v) is 4.26. The van der Waals surface area contributed by atoms with E-state index < -0.39 is 0 Å². The van der Waals surface area contributed by atoms with E-state index in [0.717, 1.165) is 5.69 Å². The number of aryl methyl sites for hydroxylation is 1. The van der Waals surface area contributed by atoms with Crippen molar-refractivity contribution < 1.29 is 4.39 Å². The van der Waals surface area contributed by atoms with Crippen LogP contribution in [0.4, 0.5) is 21.5 Å². The lowest BCUT2D eigenvalue weighted by Gasteiger charge is -2.10. The Kier molecular flexibility index (Phi) is 3.20. The first-order valence-electron chi connectivity index (χ1n) is 5.14. The van der Waals surface area contributed by atoms with E-state index in [4.69, 9.17) is 17.3 Å². The number of halogens is 2. The largest absolute Gasteiger partial charge is 0.397 e. The zero-order chi connectivity index (χ0) is 12.4. The lowest BCUT2D eigenvalue weighted by Crippen LogP contribution is -1.97. The van der Waals surface area contributed by atoms with Gasteiger partial charge in [-0.15, -0.1) is 0 Å². The molecule has 0 spiro atoms. The predicted octanol–water partition coefficient (Wildman–Crippen LogP) is 4.11. The van der Waals surface area contributed by atoms with Crippen LogP contribution in [0.2, 0.25) is 5.02 Å². The monoisotopic (exact) mass is 250 g/mol. The Morgan fingerprint density at radius 3 is 2.65 bits per heavy atom. The van der Waals surface area contributed by atoms with Gasteiger partial charge in [0, 0.05) is 10.7 Å². The summed E-state index contributed by atoms with van der Waals surface area (Å²) in [6, 6.07) is 9.96. The molecule has 3 N–H and O–H groups in total. The number of benzene rings is 2. The molecule has 2 rings (SSSR count). The van der Waals surface area contributed by atoms with Gasteiger partial charge in [-0.3, -0.25) is 0 Å². The van der Waals surface area contributed by atoms with Gasteiger partial charge in [-0.25, -0.2) is 4.39 Å². The minimum Gasteiger partial charge on any atom is -0.397 e. The fraction of sp³-hybridized carbons (Fsp3) is 0.0769. The summed E-state index contributed by atoms with van der Waals surface area (Å²) in [6.07, 6.45) is 0. The van der Waals surface area contributed by atoms with Gasteiger partial charge >= 0.3 is 0 Å². The zero-order valence-electron chi connectivity index (χ0n) is 9.30. The Hall–Kier alpha value is -1.74. The molecule has 0 heterocycles. The molecule has 0 aliphatic carbocycles. The highest BCUT2D eigenvalue weighted by atomic mass is 35.5. The molecule has 0 saturated heterocycles. The van der Waals surface area contributed by atoms with E-state index in [-0.39, 0.29) is 5.82 Å². The lowest BCUT2D eigenvalue weighted by molar-refractivity contribution is 0.619. The maximum Gasteiger partial charge on any atom is 0.126 e. The van der Waals surface area contributed by atoms with Crippen LogP contribution in [0.1, 0.15) is 5.56 Å². The molecule has 4 heteroatoms. The normalized spacial score (nSPS) is 10.3. The van der Waals surface area contributed by atoms with Gasteiger partial charge in [0.25, 0.3) is 0 Å². The summed E-state index contributed by atoms with van der Waals surface area (Å²) in [6.45, 7) is 1.71. The first-order valence-corrected chi connectivity index (χ1v) is 5.52. The minimum absolute atomic E-state index is 0.227. The molecule has 0 amide bonds. The molecule has 2 aromatic carbocycles. The molecule has 0 fully saturated rings. The van der Waals surface area contributed by atoms with E-state index in [1.165, 1.54) is 6.07 Å². The van der Waals surface area contributed by atoms with Gasteiger partial charge in [-0.05, 0) is 48.9 Å². The van der Waals surface area contributed by atoms with Crippen LogP contribution in [-0.2, 0) is 0 Å². The van der Waals surface area contributed by atoms with Crippen molar-refractivity contribution in [1.82, 2.24) is 0 Å². The summed E-state index contributed by atoms with van der Waals surface area (Å²) < 4.78 is 13.1. The Morgan fingerprint density at radius 1 is 1.18 bits per heavy atom. The molecule has 17 heavy (non-hydrogen) atoms. The fourth-order valence-corrected chi connectivity index (χ4v) is 1.69. The number of hydrogen-bond acceptors (Lipinski definition) is 2. The van der Waals surface area contributed by atoms with E-state index in [9.17, 15) is 4.39 Å². The van der Waals surface area contributed by atoms with Crippen LogP contribution in [0.15, 0.2) is 36.4 Å². The number of hydrogen-bond donors (Lipinski definition) is 2. The quantitative estimate of drug-likeness (QED) is 0.787. The highest BCUT2D eigenvalue weighted by Crippen LogP contribution is 2.27. The molecule has 2 aromatic rings. The fourth-order valence-electron chi connectivity index (χ4n) is 1.51. The average molecular weight is 251 g/mol. The van der Waals surface area contributed by atoms with E-state index in [1.54, 1.807) is 37.3 Å². The third-order valence-corrected chi connectivity index (χ3v) is 2.69. The Morgan fingerprint density at radius 2 is 1.94 bits per heavy atom. The molecular formula is C13H12ClFN2. The van der Waals surface area contributed by atoms with Crippen LogP contribution in [0.25, 0.3) is 0 Å². The Bertz CT molecular complexity index is 555. The molecule has 0 aliphatic heterocycles. The van der Waals surface area contributed by atoms with Crippen LogP contribution in [0, 0.1) is 12.7 Å². The van der Waals surface area contributed by atoms with Crippen LogP contribution in [0.5, 0.6) is 0 Å². The molecule has 0 aromatic heterocycles. The van der Waals surface area contributed by atoms with Crippen molar-refractivity contribution in [2.45, 2.75) is 6.92 Å². The highest BCUT2D eigenvalue weighted by Gasteiger charge is 2.03. The smallest absolute Gasteiger partial charge is 0.126 e. The first kappa shape index (κ1) is 11.7. The van der Waals surface area contributed by atoms with Crippen molar-refractivity contribution in [3.8, 4) is 0 Å². The molecule has 0 radical (unpaired) electrons. The second-order valence-electron chi connectivity index (χ2n) is 3.82. The van der Waals surface area contributed by atoms with E-state index >= 15 is 0 Å². The molecule has 0 aliphatic rings. The maximum absolute atomic E-state index is 13.1. The summed E-state index contributed by atoms with van der Waals surface area (Å²) in [5.41, 5.74) is 8.47. The molecule has 0 atom stereocenters. The topological polar surface area (TPSA) is 38.0 Å². The molecular weight excluding hydrogens is 239 g/mol. The average Bonchev–Trinajstić information content (AvgIpc) is 2.29. The van der Waals surface area contributed by atoms with Gasteiger partial charge in [0.1, 0.15) is 5.82 Å². The van der Waals surface area contributed by atoms with Crippen LogP contribution >= 0.6 is 11.6 Å². The van der Waals surface area contributed by atoms with Gasteiger partial charge < -0.3 is 11.1 Å². The molecule has 0 bridgehead atoms. The number of anilines is 3. The number of nitrogens with two attached hydrogens (primary N) is 1. The Labute approximate surface area is 104 Å². The van der Waals surface area contributed by atoms with Crippen molar-refractivity contribution in [3.63, 3.8) is 0 Å². The van der Waals surface area contributed by atoms with Gasteiger partial charge in [0.15, 0.2) is 0 Å². The summed E-state index contributed by atoms with van der Waals surface area (Å²) in [5.74, 6) is -0.227. The number of rotatable bonds is 2. The van der Waals surface area contributed by atoms with Crippen molar-refractivity contribution in [3.05, 3.63) is 52.8 Å². The second kappa shape index (κ2) is 4.63. The van der Waals surface area contributed by atoms with Crippen LogP contribution in [0.3, 0.4) is 0 Å². The summed E-state index contributed by atoms with van der Waals surface area (Å²) >= 11 is 5.88. The summed E-state index contributed by atoms with van der Waals surface area (Å²) in [5, 5.41) is 3.70. The van der Waals surface area contributed by atoms with Crippen LogP contribution < -0.4 is 11.1 Å².